The van der Waals surface area contributed by atoms with Crippen LogP contribution in [0.2, 0.25) is 0 Å². The van der Waals surface area contributed by atoms with Crippen LogP contribution in [0.5, 0.6) is 0 Å². The maximum atomic E-state index is 14.3. The lowest BCUT2D eigenvalue weighted by atomic mass is 10.2. The average molecular weight is 289 g/mol. The van der Waals surface area contributed by atoms with E-state index < -0.39 is 17.6 Å². The molecule has 0 atom stereocenters. The number of morpholine rings is 1. The van der Waals surface area contributed by atoms with Crippen LogP contribution in [-0.4, -0.2) is 37.8 Å². The molecule has 1 aliphatic heterocycles. The molecule has 20 heavy (non-hydrogen) atoms. The third kappa shape index (κ3) is 3.15. The van der Waals surface area contributed by atoms with Crippen LogP contribution in [0.4, 0.5) is 24.7 Å². The smallest absolute Gasteiger partial charge is 0.253 e. The molecule has 0 bridgehead atoms. The Morgan fingerprint density at radius 2 is 1.85 bits per heavy atom. The number of nitrogens with zero attached hydrogens (tertiary/aromatic N) is 2. The van der Waals surface area contributed by atoms with Gasteiger partial charge in [0.05, 0.1) is 13.2 Å². The van der Waals surface area contributed by atoms with Gasteiger partial charge in [-0.2, -0.15) is 13.8 Å². The van der Waals surface area contributed by atoms with Crippen molar-refractivity contribution in [2.75, 3.05) is 43.1 Å². The number of anilines is 2. The highest BCUT2D eigenvalue weighted by molar-refractivity contribution is 5.57. The van der Waals surface area contributed by atoms with Crippen molar-refractivity contribution in [1.82, 2.24) is 4.98 Å². The summed E-state index contributed by atoms with van der Waals surface area (Å²) in [5, 5.41) is 2.71. The normalized spacial score (nSPS) is 15.8. The number of halogens is 3. The van der Waals surface area contributed by atoms with E-state index in [0.717, 1.165) is 0 Å². The number of pyridine rings is 1. The zero-order chi connectivity index (χ0) is 14.7. The molecular weight excluding hydrogens is 271 g/mol. The third-order valence-electron chi connectivity index (χ3n) is 3.02. The number of hydrogen-bond acceptors (Lipinski definition) is 4. The SMILES string of the molecule is CC(C)CNc1nc(F)c(F)c(N2CCOCC2)c1F. The summed E-state index contributed by atoms with van der Waals surface area (Å²) in [7, 11) is 0. The Labute approximate surface area is 115 Å². The van der Waals surface area contributed by atoms with Crippen LogP contribution in [0.1, 0.15) is 13.8 Å². The van der Waals surface area contributed by atoms with E-state index in [9.17, 15) is 13.2 Å². The highest BCUT2D eigenvalue weighted by Gasteiger charge is 2.26. The van der Waals surface area contributed by atoms with Crippen LogP contribution in [0, 0.1) is 23.5 Å². The highest BCUT2D eigenvalue weighted by atomic mass is 19.2. The lowest BCUT2D eigenvalue weighted by Crippen LogP contribution is -2.37. The van der Waals surface area contributed by atoms with E-state index >= 15 is 0 Å². The van der Waals surface area contributed by atoms with Gasteiger partial charge >= 0.3 is 0 Å². The predicted molar refractivity (Wildman–Crippen MR) is 70.5 cm³/mol. The minimum Gasteiger partial charge on any atom is -0.378 e. The first-order valence-electron chi connectivity index (χ1n) is 6.61. The fourth-order valence-electron chi connectivity index (χ4n) is 1.99. The molecule has 7 heteroatoms. The van der Waals surface area contributed by atoms with Crippen molar-refractivity contribution in [3.63, 3.8) is 0 Å². The molecule has 0 spiro atoms. The van der Waals surface area contributed by atoms with E-state index in [4.69, 9.17) is 4.74 Å². The van der Waals surface area contributed by atoms with Gasteiger partial charge in [0.1, 0.15) is 5.69 Å². The Morgan fingerprint density at radius 1 is 1.20 bits per heavy atom. The fraction of sp³-hybridized carbons (Fsp3) is 0.615. The topological polar surface area (TPSA) is 37.4 Å². The molecule has 0 amide bonds. The monoisotopic (exact) mass is 289 g/mol. The highest BCUT2D eigenvalue weighted by Crippen LogP contribution is 2.29. The minimum atomic E-state index is -1.29. The van der Waals surface area contributed by atoms with Gasteiger partial charge in [0.25, 0.3) is 5.95 Å². The second-order valence-electron chi connectivity index (χ2n) is 5.10. The lowest BCUT2D eigenvalue weighted by Gasteiger charge is -2.29. The molecule has 1 aromatic rings. The number of rotatable bonds is 4. The molecule has 1 aliphatic rings. The molecule has 0 aliphatic carbocycles. The van der Waals surface area contributed by atoms with Crippen molar-refractivity contribution >= 4 is 11.5 Å². The molecular formula is C13H18F3N3O. The van der Waals surface area contributed by atoms with E-state index in [0.29, 0.717) is 32.8 Å². The van der Waals surface area contributed by atoms with E-state index in [2.05, 4.69) is 10.3 Å². The maximum absolute atomic E-state index is 14.3. The van der Waals surface area contributed by atoms with Crippen LogP contribution in [0.25, 0.3) is 0 Å². The zero-order valence-corrected chi connectivity index (χ0v) is 11.5. The van der Waals surface area contributed by atoms with Gasteiger partial charge < -0.3 is 15.0 Å². The van der Waals surface area contributed by atoms with Gasteiger partial charge in [0.15, 0.2) is 11.6 Å². The van der Waals surface area contributed by atoms with E-state index in [-0.39, 0.29) is 17.4 Å². The Balaban J connectivity index is 2.33. The van der Waals surface area contributed by atoms with Crippen LogP contribution in [0.15, 0.2) is 0 Å². The number of hydrogen-bond donors (Lipinski definition) is 1. The van der Waals surface area contributed by atoms with Crippen molar-refractivity contribution in [2.24, 2.45) is 5.92 Å². The van der Waals surface area contributed by atoms with Crippen molar-refractivity contribution in [1.29, 1.82) is 0 Å². The molecule has 0 saturated carbocycles. The molecule has 1 fully saturated rings. The van der Waals surface area contributed by atoms with Gasteiger partial charge in [-0.05, 0) is 5.92 Å². The lowest BCUT2D eigenvalue weighted by molar-refractivity contribution is 0.122. The largest absolute Gasteiger partial charge is 0.378 e. The standard InChI is InChI=1S/C13H18F3N3O/c1-8(2)7-17-13-10(15)11(9(14)12(16)18-13)19-3-5-20-6-4-19/h8H,3-7H2,1-2H3,(H,17,18). The molecule has 112 valence electrons. The van der Waals surface area contributed by atoms with E-state index in [1.807, 2.05) is 13.8 Å². The van der Waals surface area contributed by atoms with Gasteiger partial charge in [-0.1, -0.05) is 13.8 Å². The molecule has 0 radical (unpaired) electrons. The number of ether oxygens (including phenoxy) is 1. The van der Waals surface area contributed by atoms with E-state index in [1.165, 1.54) is 4.90 Å². The first-order chi connectivity index (χ1) is 9.50. The molecule has 0 aromatic carbocycles. The summed E-state index contributed by atoms with van der Waals surface area (Å²) in [4.78, 5) is 4.76. The van der Waals surface area contributed by atoms with Gasteiger partial charge in [-0.25, -0.2) is 4.39 Å². The summed E-state index contributed by atoms with van der Waals surface area (Å²) in [6, 6.07) is 0. The van der Waals surface area contributed by atoms with Gasteiger partial charge in [-0.15, -0.1) is 0 Å². The zero-order valence-electron chi connectivity index (χ0n) is 11.5. The molecule has 4 nitrogen and oxygen atoms in total. The predicted octanol–water partition coefficient (Wildman–Crippen LogP) is 2.40. The van der Waals surface area contributed by atoms with E-state index in [1.54, 1.807) is 0 Å². The Kier molecular flexibility index (Phi) is 4.69. The molecule has 0 unspecified atom stereocenters. The molecule has 1 aromatic heterocycles. The summed E-state index contributed by atoms with van der Waals surface area (Å²) < 4.78 is 46.8. The van der Waals surface area contributed by atoms with Gasteiger partial charge in [0.2, 0.25) is 5.82 Å². The van der Waals surface area contributed by atoms with Crippen molar-refractivity contribution < 1.29 is 17.9 Å². The first kappa shape index (κ1) is 14.9. The van der Waals surface area contributed by atoms with Crippen LogP contribution >= 0.6 is 0 Å². The average Bonchev–Trinajstić information content (AvgIpc) is 2.43. The molecule has 1 N–H and O–H groups in total. The summed E-state index contributed by atoms with van der Waals surface area (Å²) in [6.07, 6.45) is 0. The molecule has 2 rings (SSSR count). The Morgan fingerprint density at radius 3 is 2.45 bits per heavy atom. The third-order valence-corrected chi connectivity index (χ3v) is 3.02. The first-order valence-corrected chi connectivity index (χ1v) is 6.61. The van der Waals surface area contributed by atoms with Crippen molar-refractivity contribution in [3.8, 4) is 0 Å². The van der Waals surface area contributed by atoms with Crippen LogP contribution < -0.4 is 10.2 Å². The summed E-state index contributed by atoms with van der Waals surface area (Å²) in [5.74, 6) is -3.42. The minimum absolute atomic E-state index is 0.233. The van der Waals surface area contributed by atoms with Crippen molar-refractivity contribution in [2.45, 2.75) is 13.8 Å². The van der Waals surface area contributed by atoms with Crippen LogP contribution in [-0.2, 0) is 4.74 Å². The second-order valence-corrected chi connectivity index (χ2v) is 5.10. The maximum Gasteiger partial charge on any atom is 0.253 e. The number of aromatic nitrogens is 1. The molecule has 2 heterocycles. The second kappa shape index (κ2) is 6.30. The Hall–Kier alpha value is -1.50. The quantitative estimate of drug-likeness (QED) is 0.864. The van der Waals surface area contributed by atoms with Crippen molar-refractivity contribution in [3.05, 3.63) is 17.6 Å². The van der Waals surface area contributed by atoms with Gasteiger partial charge in [0, 0.05) is 19.6 Å². The Bertz CT molecular complexity index is 476. The van der Waals surface area contributed by atoms with Gasteiger partial charge in [-0.3, -0.25) is 0 Å². The summed E-state index contributed by atoms with van der Waals surface area (Å²) >= 11 is 0. The molecule has 1 saturated heterocycles. The fourth-order valence-corrected chi connectivity index (χ4v) is 1.99. The summed E-state index contributed by atoms with van der Waals surface area (Å²) in [6.45, 7) is 5.63. The van der Waals surface area contributed by atoms with Crippen LogP contribution in [0.3, 0.4) is 0 Å². The number of nitrogens with one attached hydrogen (secondary N) is 1. The summed E-state index contributed by atoms with van der Waals surface area (Å²) in [5.41, 5.74) is -0.368.